The van der Waals surface area contributed by atoms with Gasteiger partial charge in [-0.3, -0.25) is 19.7 Å². The van der Waals surface area contributed by atoms with E-state index >= 15 is 0 Å². The normalized spacial score (nSPS) is 21.1. The van der Waals surface area contributed by atoms with Crippen LogP contribution in [0.2, 0.25) is 0 Å². The number of nitrogens with zero attached hydrogens (tertiary/aromatic N) is 1. The number of imide groups is 1. The van der Waals surface area contributed by atoms with Crippen molar-refractivity contribution in [3.63, 3.8) is 0 Å². The number of carbonyl (C=O) groups is 3. The quantitative estimate of drug-likeness (QED) is 0.858. The van der Waals surface area contributed by atoms with Crippen molar-refractivity contribution in [2.45, 2.75) is 12.2 Å². The average Bonchev–Trinajstić information content (AvgIpc) is 2.87. The third kappa shape index (κ3) is 2.64. The van der Waals surface area contributed by atoms with E-state index in [4.69, 9.17) is 0 Å². The topological polar surface area (TPSA) is 88.2 Å². The van der Waals surface area contributed by atoms with Crippen LogP contribution >= 0.6 is 23.1 Å². The van der Waals surface area contributed by atoms with Gasteiger partial charge < -0.3 is 5.32 Å². The molecule has 2 heterocycles. The molecule has 0 saturated carbocycles. The monoisotopic (exact) mass is 271 g/mol. The minimum absolute atomic E-state index is 0.317. The Morgan fingerprint density at radius 1 is 1.59 bits per heavy atom. The Bertz CT molecular complexity index is 460. The summed E-state index contributed by atoms with van der Waals surface area (Å²) in [7, 11) is 0. The molecule has 1 aromatic heterocycles. The van der Waals surface area contributed by atoms with Crippen molar-refractivity contribution in [2.24, 2.45) is 5.92 Å². The molecule has 90 valence electrons. The zero-order valence-electron chi connectivity index (χ0n) is 8.80. The summed E-state index contributed by atoms with van der Waals surface area (Å²) in [4.78, 5) is 38.1. The van der Waals surface area contributed by atoms with Gasteiger partial charge in [0.25, 0.3) is 5.24 Å². The van der Waals surface area contributed by atoms with Gasteiger partial charge in [-0.15, -0.1) is 11.3 Å². The number of amides is 3. The van der Waals surface area contributed by atoms with E-state index in [1.54, 1.807) is 18.5 Å². The molecule has 1 fully saturated rings. The Labute approximate surface area is 105 Å². The highest BCUT2D eigenvalue weighted by Crippen LogP contribution is 2.27. The number of aromatic nitrogens is 1. The summed E-state index contributed by atoms with van der Waals surface area (Å²) in [5, 5.41) is 5.90. The molecule has 2 N–H and O–H groups in total. The van der Waals surface area contributed by atoms with E-state index in [9.17, 15) is 14.4 Å². The fraction of sp³-hybridized carbons (Fsp3) is 0.333. The summed E-state index contributed by atoms with van der Waals surface area (Å²) >= 11 is 2.14. The Hall–Kier alpha value is -1.41. The Morgan fingerprint density at radius 3 is 2.88 bits per heavy atom. The molecule has 8 heteroatoms. The maximum atomic E-state index is 11.8. The first kappa shape index (κ1) is 12.1. The molecule has 1 aromatic rings. The van der Waals surface area contributed by atoms with Crippen molar-refractivity contribution in [3.8, 4) is 0 Å². The summed E-state index contributed by atoms with van der Waals surface area (Å²) in [6.07, 6.45) is 1.57. The fourth-order valence-electron chi connectivity index (χ4n) is 1.34. The average molecular weight is 271 g/mol. The van der Waals surface area contributed by atoms with Crippen molar-refractivity contribution in [1.82, 2.24) is 10.3 Å². The Morgan fingerprint density at radius 2 is 2.35 bits per heavy atom. The second-order valence-corrected chi connectivity index (χ2v) is 5.44. The van der Waals surface area contributed by atoms with Gasteiger partial charge in [-0.2, -0.15) is 0 Å². The van der Waals surface area contributed by atoms with E-state index in [1.165, 1.54) is 11.3 Å². The van der Waals surface area contributed by atoms with Gasteiger partial charge in [0.15, 0.2) is 5.13 Å². The zero-order chi connectivity index (χ0) is 12.4. The lowest BCUT2D eigenvalue weighted by atomic mass is 10.1. The van der Waals surface area contributed by atoms with Crippen LogP contribution in [0.25, 0.3) is 0 Å². The zero-order valence-corrected chi connectivity index (χ0v) is 10.4. The fourth-order valence-corrected chi connectivity index (χ4v) is 2.76. The summed E-state index contributed by atoms with van der Waals surface area (Å²) in [5.74, 6) is -1.32. The van der Waals surface area contributed by atoms with Crippen LogP contribution in [0.1, 0.15) is 6.92 Å². The number of carbonyl (C=O) groups excluding carboxylic acids is 3. The summed E-state index contributed by atoms with van der Waals surface area (Å²) in [5.41, 5.74) is 0. The van der Waals surface area contributed by atoms with Crippen LogP contribution in [0.4, 0.5) is 9.93 Å². The standard InChI is InChI=1S/C9H9N3O3S2/c1-4(5-7(14)12-9(15)17-5)6(13)11-8-10-2-3-16-8/h2-5H,1H3,(H,10,11,13)(H,12,14,15)/t4-,5-/m0/s1. The molecular weight excluding hydrogens is 262 g/mol. The molecule has 0 bridgehead atoms. The van der Waals surface area contributed by atoms with Crippen LogP contribution in [0.3, 0.4) is 0 Å². The maximum Gasteiger partial charge on any atom is 0.286 e. The summed E-state index contributed by atoms with van der Waals surface area (Å²) in [6, 6.07) is 0. The van der Waals surface area contributed by atoms with Gasteiger partial charge in [0.1, 0.15) is 5.25 Å². The number of anilines is 1. The predicted octanol–water partition coefficient (Wildman–Crippen LogP) is 1.07. The number of thioether (sulfide) groups is 1. The number of hydrogen-bond acceptors (Lipinski definition) is 6. The molecule has 1 saturated heterocycles. The lowest BCUT2D eigenvalue weighted by molar-refractivity contribution is -0.125. The highest BCUT2D eigenvalue weighted by atomic mass is 32.2. The van der Waals surface area contributed by atoms with Crippen LogP contribution < -0.4 is 10.6 Å². The number of thiazole rings is 1. The lowest BCUT2D eigenvalue weighted by Gasteiger charge is -2.13. The summed E-state index contributed by atoms with van der Waals surface area (Å²) < 4.78 is 0. The van der Waals surface area contributed by atoms with Gasteiger partial charge in [-0.25, -0.2) is 4.98 Å². The molecule has 17 heavy (non-hydrogen) atoms. The van der Waals surface area contributed by atoms with E-state index in [0.29, 0.717) is 5.13 Å². The van der Waals surface area contributed by atoms with Gasteiger partial charge in [-0.05, 0) is 0 Å². The van der Waals surface area contributed by atoms with E-state index in [0.717, 1.165) is 11.8 Å². The van der Waals surface area contributed by atoms with Gasteiger partial charge in [0, 0.05) is 11.6 Å². The molecule has 0 radical (unpaired) electrons. The molecule has 0 spiro atoms. The third-order valence-corrected chi connectivity index (χ3v) is 4.13. The molecule has 2 atom stereocenters. The smallest absolute Gasteiger partial charge is 0.286 e. The van der Waals surface area contributed by atoms with Crippen LogP contribution in [-0.4, -0.2) is 27.3 Å². The van der Waals surface area contributed by atoms with Crippen LogP contribution in [0.15, 0.2) is 11.6 Å². The third-order valence-electron chi connectivity index (χ3n) is 2.25. The van der Waals surface area contributed by atoms with Crippen molar-refractivity contribution in [3.05, 3.63) is 11.6 Å². The molecule has 0 aromatic carbocycles. The number of rotatable bonds is 3. The van der Waals surface area contributed by atoms with Crippen LogP contribution in [0, 0.1) is 5.92 Å². The lowest BCUT2D eigenvalue weighted by Crippen LogP contribution is -2.35. The summed E-state index contributed by atoms with van der Waals surface area (Å²) in [6.45, 7) is 1.61. The second kappa shape index (κ2) is 4.84. The van der Waals surface area contributed by atoms with E-state index in [2.05, 4.69) is 15.6 Å². The minimum atomic E-state index is -0.664. The Balaban J connectivity index is 2.00. The molecule has 0 aliphatic carbocycles. The van der Waals surface area contributed by atoms with Crippen LogP contribution in [0.5, 0.6) is 0 Å². The molecule has 1 aliphatic heterocycles. The molecule has 6 nitrogen and oxygen atoms in total. The highest BCUT2D eigenvalue weighted by Gasteiger charge is 2.39. The van der Waals surface area contributed by atoms with E-state index in [-0.39, 0.29) is 5.91 Å². The van der Waals surface area contributed by atoms with E-state index < -0.39 is 22.3 Å². The highest BCUT2D eigenvalue weighted by molar-refractivity contribution is 8.15. The van der Waals surface area contributed by atoms with Crippen molar-refractivity contribution < 1.29 is 14.4 Å². The van der Waals surface area contributed by atoms with Gasteiger partial charge >= 0.3 is 0 Å². The van der Waals surface area contributed by atoms with Gasteiger partial charge in [-0.1, -0.05) is 18.7 Å². The predicted molar refractivity (Wildman–Crippen MR) is 64.8 cm³/mol. The van der Waals surface area contributed by atoms with Crippen molar-refractivity contribution in [2.75, 3.05) is 5.32 Å². The van der Waals surface area contributed by atoms with Crippen molar-refractivity contribution >= 4 is 45.3 Å². The van der Waals surface area contributed by atoms with Gasteiger partial charge in [0.05, 0.1) is 5.92 Å². The molecule has 0 unspecified atom stereocenters. The molecular formula is C9H9N3O3S2. The second-order valence-electron chi connectivity index (χ2n) is 3.43. The maximum absolute atomic E-state index is 11.8. The number of hydrogen-bond donors (Lipinski definition) is 2. The molecule has 2 rings (SSSR count). The van der Waals surface area contributed by atoms with Gasteiger partial charge in [0.2, 0.25) is 11.8 Å². The Kier molecular flexibility index (Phi) is 3.43. The SMILES string of the molecule is C[C@H](C(=O)Nc1nccs1)[C@@H]1SC(=O)NC1=O. The largest absolute Gasteiger partial charge is 0.302 e. The molecule has 3 amide bonds. The van der Waals surface area contributed by atoms with Crippen molar-refractivity contribution in [1.29, 1.82) is 0 Å². The van der Waals surface area contributed by atoms with E-state index in [1.807, 2.05) is 0 Å². The number of nitrogens with one attached hydrogen (secondary N) is 2. The first-order valence-corrected chi connectivity index (χ1v) is 6.55. The minimum Gasteiger partial charge on any atom is -0.302 e. The first-order valence-electron chi connectivity index (χ1n) is 4.80. The van der Waals surface area contributed by atoms with Crippen LogP contribution in [-0.2, 0) is 9.59 Å². The molecule has 1 aliphatic rings. The first-order chi connectivity index (χ1) is 8.08.